The number of hydrogen-bond acceptors (Lipinski definition) is 7. The minimum atomic E-state index is -1.43. The van der Waals surface area contributed by atoms with Crippen molar-refractivity contribution in [3.05, 3.63) is 83.4 Å². The summed E-state index contributed by atoms with van der Waals surface area (Å²) in [4.78, 5) is 23.6. The van der Waals surface area contributed by atoms with E-state index in [2.05, 4.69) is 15.5 Å². The number of aromatic nitrogens is 3. The van der Waals surface area contributed by atoms with E-state index in [1.807, 2.05) is 30.3 Å². The molecule has 2 N–H and O–H groups in total. The molecule has 10 heteroatoms. The molecular weight excluding hydrogens is 464 g/mol. The van der Waals surface area contributed by atoms with Crippen molar-refractivity contribution in [1.82, 2.24) is 14.8 Å². The van der Waals surface area contributed by atoms with E-state index in [-0.39, 0.29) is 33.7 Å². The first kappa shape index (κ1) is 22.4. The highest BCUT2D eigenvalue weighted by atomic mass is 35.5. The third-order valence-corrected chi connectivity index (χ3v) is 5.85. The molecule has 1 heterocycles. The first-order valence-corrected chi connectivity index (χ1v) is 11.0. The van der Waals surface area contributed by atoms with Crippen LogP contribution in [-0.4, -0.2) is 37.5 Å². The molecule has 0 fully saturated rings. The van der Waals surface area contributed by atoms with Crippen LogP contribution in [0.3, 0.4) is 0 Å². The fourth-order valence-electron chi connectivity index (χ4n) is 3.10. The molecule has 0 unspecified atom stereocenters. The van der Waals surface area contributed by atoms with Gasteiger partial charge in [-0.3, -0.25) is 9.36 Å². The lowest BCUT2D eigenvalue weighted by atomic mass is 10.2. The molecule has 1 aromatic heterocycles. The maximum absolute atomic E-state index is 12.5. The Kier molecular flexibility index (Phi) is 6.62. The van der Waals surface area contributed by atoms with E-state index in [4.69, 9.17) is 11.6 Å². The number of carboxylic acid groups (broad SMARTS) is 1. The second-order valence-electron chi connectivity index (χ2n) is 6.81. The highest BCUT2D eigenvalue weighted by Gasteiger charge is 2.19. The van der Waals surface area contributed by atoms with E-state index < -0.39 is 5.97 Å². The predicted molar refractivity (Wildman–Crippen MR) is 124 cm³/mol. The van der Waals surface area contributed by atoms with Crippen molar-refractivity contribution < 1.29 is 19.8 Å². The third-order valence-electron chi connectivity index (χ3n) is 4.60. The van der Waals surface area contributed by atoms with Crippen molar-refractivity contribution in [3.8, 4) is 22.8 Å². The molecule has 0 saturated carbocycles. The van der Waals surface area contributed by atoms with Gasteiger partial charge in [-0.25, -0.2) is 0 Å². The highest BCUT2D eigenvalue weighted by molar-refractivity contribution is 7.99. The molecule has 1 amide bonds. The number of carbonyl (C=O) groups excluding carboxylic acids is 2. The number of carbonyl (C=O) groups is 2. The molecule has 0 aliphatic heterocycles. The number of para-hydroxylation sites is 2. The Morgan fingerprint density at radius 3 is 2.48 bits per heavy atom. The number of hydrogen-bond donors (Lipinski definition) is 2. The summed E-state index contributed by atoms with van der Waals surface area (Å²) in [6, 6.07) is 20.2. The van der Waals surface area contributed by atoms with Crippen molar-refractivity contribution in [2.45, 2.75) is 5.16 Å². The Balaban J connectivity index is 1.58. The van der Waals surface area contributed by atoms with Gasteiger partial charge in [-0.1, -0.05) is 53.7 Å². The second kappa shape index (κ2) is 9.76. The van der Waals surface area contributed by atoms with Crippen LogP contribution in [0.5, 0.6) is 5.75 Å². The molecule has 0 aliphatic carbocycles. The first-order chi connectivity index (χ1) is 15.9. The van der Waals surface area contributed by atoms with Crippen LogP contribution in [0.15, 0.2) is 78.0 Å². The minimum Gasteiger partial charge on any atom is -0.545 e. The zero-order valence-electron chi connectivity index (χ0n) is 16.9. The predicted octanol–water partition coefficient (Wildman–Crippen LogP) is 3.39. The molecule has 0 radical (unpaired) electrons. The molecule has 0 spiro atoms. The number of nitrogens with zero attached hydrogens (tertiary/aromatic N) is 3. The van der Waals surface area contributed by atoms with Crippen LogP contribution in [0, 0.1) is 0 Å². The number of aromatic hydroxyl groups is 1. The van der Waals surface area contributed by atoms with Gasteiger partial charge in [0, 0.05) is 22.0 Å². The van der Waals surface area contributed by atoms with Gasteiger partial charge >= 0.3 is 0 Å². The van der Waals surface area contributed by atoms with Crippen LogP contribution >= 0.6 is 23.4 Å². The normalized spacial score (nSPS) is 10.7. The number of rotatable bonds is 7. The Hall–Kier alpha value is -3.82. The minimum absolute atomic E-state index is 0.0188. The summed E-state index contributed by atoms with van der Waals surface area (Å²) in [5, 5.41) is 33.0. The molecule has 33 heavy (non-hydrogen) atoms. The van der Waals surface area contributed by atoms with Crippen molar-refractivity contribution in [2.75, 3.05) is 11.1 Å². The maximum Gasteiger partial charge on any atom is 0.234 e. The summed E-state index contributed by atoms with van der Waals surface area (Å²) in [6.07, 6.45) is 0. The fourth-order valence-corrected chi connectivity index (χ4v) is 4.04. The Morgan fingerprint density at radius 2 is 1.76 bits per heavy atom. The van der Waals surface area contributed by atoms with E-state index in [0.29, 0.717) is 16.5 Å². The average molecular weight is 480 g/mol. The van der Waals surface area contributed by atoms with Gasteiger partial charge < -0.3 is 20.3 Å². The third kappa shape index (κ3) is 5.00. The Bertz CT molecular complexity index is 1330. The molecule has 0 aliphatic rings. The number of phenols is 1. The Labute approximate surface area is 197 Å². The number of anilines is 1. The zero-order chi connectivity index (χ0) is 23.4. The number of thioether (sulfide) groups is 1. The van der Waals surface area contributed by atoms with Crippen molar-refractivity contribution in [3.63, 3.8) is 0 Å². The van der Waals surface area contributed by atoms with Crippen LogP contribution in [-0.2, 0) is 4.79 Å². The largest absolute Gasteiger partial charge is 0.545 e. The molecule has 3 aromatic carbocycles. The lowest BCUT2D eigenvalue weighted by Gasteiger charge is -2.12. The van der Waals surface area contributed by atoms with E-state index in [1.165, 1.54) is 18.2 Å². The van der Waals surface area contributed by atoms with E-state index in [9.17, 15) is 19.8 Å². The number of benzene rings is 3. The van der Waals surface area contributed by atoms with Crippen LogP contribution in [0.25, 0.3) is 17.1 Å². The molecule has 0 bridgehead atoms. The monoisotopic (exact) mass is 479 g/mol. The number of nitrogens with one attached hydrogen (secondary N) is 1. The number of carboxylic acids is 1. The Morgan fingerprint density at radius 1 is 1.03 bits per heavy atom. The first-order valence-electron chi connectivity index (χ1n) is 9.67. The summed E-state index contributed by atoms with van der Waals surface area (Å²) < 4.78 is 1.75. The van der Waals surface area contributed by atoms with E-state index >= 15 is 0 Å². The molecule has 166 valence electrons. The maximum atomic E-state index is 12.5. The lowest BCUT2D eigenvalue weighted by Crippen LogP contribution is -2.23. The highest BCUT2D eigenvalue weighted by Crippen LogP contribution is 2.32. The van der Waals surface area contributed by atoms with Gasteiger partial charge in [-0.15, -0.1) is 10.2 Å². The second-order valence-corrected chi connectivity index (χ2v) is 8.16. The van der Waals surface area contributed by atoms with Crippen LogP contribution in [0.2, 0.25) is 5.02 Å². The van der Waals surface area contributed by atoms with E-state index in [0.717, 1.165) is 17.4 Å². The molecule has 4 rings (SSSR count). The summed E-state index contributed by atoms with van der Waals surface area (Å²) in [5.41, 5.74) is 1.34. The van der Waals surface area contributed by atoms with Crippen LogP contribution in [0.1, 0.15) is 10.4 Å². The van der Waals surface area contributed by atoms with E-state index in [1.54, 1.807) is 28.8 Å². The van der Waals surface area contributed by atoms with Gasteiger partial charge in [0.1, 0.15) is 5.75 Å². The lowest BCUT2D eigenvalue weighted by molar-refractivity contribution is -0.255. The quantitative estimate of drug-likeness (QED) is 0.390. The van der Waals surface area contributed by atoms with Gasteiger partial charge in [0.05, 0.1) is 17.3 Å². The van der Waals surface area contributed by atoms with Gasteiger partial charge in [0.15, 0.2) is 11.0 Å². The number of aromatic carboxylic acids is 1. The van der Waals surface area contributed by atoms with Crippen LogP contribution in [0.4, 0.5) is 5.69 Å². The van der Waals surface area contributed by atoms with Crippen molar-refractivity contribution in [1.29, 1.82) is 0 Å². The van der Waals surface area contributed by atoms with Gasteiger partial charge in [-0.05, 0) is 42.5 Å². The number of amides is 1. The summed E-state index contributed by atoms with van der Waals surface area (Å²) in [5.74, 6) is -1.34. The van der Waals surface area contributed by atoms with Crippen molar-refractivity contribution >= 4 is 40.9 Å². The molecule has 4 aromatic rings. The van der Waals surface area contributed by atoms with Crippen LogP contribution < -0.4 is 10.4 Å². The average Bonchev–Trinajstić information content (AvgIpc) is 3.23. The summed E-state index contributed by atoms with van der Waals surface area (Å²) in [7, 11) is 0. The zero-order valence-corrected chi connectivity index (χ0v) is 18.5. The fraction of sp³-hybridized carbons (Fsp3) is 0.0435. The van der Waals surface area contributed by atoms with Gasteiger partial charge in [-0.2, -0.15) is 0 Å². The van der Waals surface area contributed by atoms with Gasteiger partial charge in [0.2, 0.25) is 5.91 Å². The number of halogens is 1. The molecular formula is C23H16ClN4O4S-. The number of phenolic OH excluding ortho intramolecular Hbond substituents is 1. The van der Waals surface area contributed by atoms with Gasteiger partial charge in [0.25, 0.3) is 0 Å². The molecule has 0 saturated heterocycles. The van der Waals surface area contributed by atoms with Crippen molar-refractivity contribution in [2.24, 2.45) is 0 Å². The standard InChI is InChI=1S/C23H17ClN4O4S/c24-18-11-10-14(12-17(18)22(31)32)25-20(30)13-33-23-27-26-21(16-8-4-5-9-19(16)29)28(23)15-6-2-1-3-7-15/h1-12,29H,13H2,(H,25,30)(H,31,32)/p-1. The summed E-state index contributed by atoms with van der Waals surface area (Å²) in [6.45, 7) is 0. The SMILES string of the molecule is O=C(CSc1nnc(-c2ccccc2O)n1-c1ccccc1)Nc1ccc(Cl)c(C(=O)[O-])c1. The topological polar surface area (TPSA) is 120 Å². The smallest absolute Gasteiger partial charge is 0.234 e. The summed E-state index contributed by atoms with van der Waals surface area (Å²) >= 11 is 6.98. The molecule has 0 atom stereocenters. The molecule has 8 nitrogen and oxygen atoms in total.